The fourth-order valence-corrected chi connectivity index (χ4v) is 6.51. The van der Waals surface area contributed by atoms with Gasteiger partial charge in [-0.1, -0.05) is 70.7 Å². The summed E-state index contributed by atoms with van der Waals surface area (Å²) >= 11 is 26.6. The van der Waals surface area contributed by atoms with Crippen molar-refractivity contribution in [1.29, 1.82) is 0 Å². The summed E-state index contributed by atoms with van der Waals surface area (Å²) in [6, 6.07) is 20.2. The maximum Gasteiger partial charge on any atom is 0.271 e. The highest BCUT2D eigenvalue weighted by atomic mass is 35.5. The minimum Gasteiger partial charge on any atom is -0.490 e. The summed E-state index contributed by atoms with van der Waals surface area (Å²) in [4.78, 5) is 20.9. The Morgan fingerprint density at radius 1 is 0.870 bits per heavy atom. The van der Waals surface area contributed by atoms with E-state index in [1.165, 1.54) is 11.8 Å². The number of nitrogens with zero attached hydrogens (tertiary/aromatic N) is 2. The highest BCUT2D eigenvalue weighted by Gasteiger charge is 2.35. The summed E-state index contributed by atoms with van der Waals surface area (Å²) in [7, 11) is 0. The van der Waals surface area contributed by atoms with Crippen molar-refractivity contribution < 1.29 is 14.3 Å². The van der Waals surface area contributed by atoms with Crippen LogP contribution in [0.15, 0.2) is 89.3 Å². The van der Waals surface area contributed by atoms with Crippen molar-refractivity contribution in [3.8, 4) is 11.5 Å². The molecule has 1 aliphatic rings. The van der Waals surface area contributed by atoms with Crippen molar-refractivity contribution in [2.75, 3.05) is 11.5 Å². The molecule has 0 unspecified atom stereocenters. The number of hydrogen-bond acceptors (Lipinski definition) is 5. The van der Waals surface area contributed by atoms with Crippen LogP contribution in [0.25, 0.3) is 6.08 Å². The van der Waals surface area contributed by atoms with Crippen LogP contribution in [0.5, 0.6) is 11.5 Å². The van der Waals surface area contributed by atoms with Crippen LogP contribution in [0, 0.1) is 13.8 Å². The first-order valence-electron chi connectivity index (χ1n) is 14.4. The van der Waals surface area contributed by atoms with Gasteiger partial charge >= 0.3 is 0 Å². The summed E-state index contributed by atoms with van der Waals surface area (Å²) in [6.45, 7) is 10.3. The number of anilines is 1. The summed E-state index contributed by atoms with van der Waals surface area (Å²) in [5.41, 5.74) is 5.48. The third kappa shape index (κ3) is 7.76. The zero-order valence-electron chi connectivity index (χ0n) is 25.4. The lowest BCUT2D eigenvalue weighted by atomic mass is 10.0. The number of allylic oxidation sites excluding steroid dienone is 1. The van der Waals surface area contributed by atoms with E-state index in [4.69, 9.17) is 60.9 Å². The third-order valence-corrected chi connectivity index (χ3v) is 9.47. The van der Waals surface area contributed by atoms with E-state index in [2.05, 4.69) is 6.58 Å². The largest absolute Gasteiger partial charge is 0.490 e. The van der Waals surface area contributed by atoms with E-state index < -0.39 is 0 Å². The second kappa shape index (κ2) is 15.0. The lowest BCUT2D eigenvalue weighted by molar-refractivity contribution is -0.113. The van der Waals surface area contributed by atoms with E-state index in [9.17, 15) is 4.79 Å². The van der Waals surface area contributed by atoms with Gasteiger partial charge in [-0.15, -0.1) is 6.58 Å². The first-order valence-corrected chi connectivity index (χ1v) is 16.7. The number of amidine groups is 1. The maximum absolute atomic E-state index is 14.0. The predicted molar refractivity (Wildman–Crippen MR) is 195 cm³/mol. The summed E-state index contributed by atoms with van der Waals surface area (Å²) in [5, 5.41) is 2.69. The van der Waals surface area contributed by atoms with Crippen LogP contribution < -0.4 is 14.4 Å². The van der Waals surface area contributed by atoms with Crippen molar-refractivity contribution in [2.24, 2.45) is 4.99 Å². The molecular formula is C36H30Cl4N2O3S. The number of ether oxygens (including phenoxy) is 2. The Balaban J connectivity index is 1.55. The molecule has 236 valence electrons. The zero-order valence-corrected chi connectivity index (χ0v) is 29.2. The highest BCUT2D eigenvalue weighted by molar-refractivity contribution is 8.19. The van der Waals surface area contributed by atoms with Crippen LogP contribution in [0.1, 0.15) is 34.7 Å². The Kier molecular flexibility index (Phi) is 11.1. The second-order valence-corrected chi connectivity index (χ2v) is 13.1. The van der Waals surface area contributed by atoms with Crippen LogP contribution >= 0.6 is 58.2 Å². The van der Waals surface area contributed by atoms with E-state index in [-0.39, 0.29) is 12.5 Å². The van der Waals surface area contributed by atoms with E-state index in [0.29, 0.717) is 66.1 Å². The van der Waals surface area contributed by atoms with Crippen LogP contribution in [-0.4, -0.2) is 17.7 Å². The number of thioether (sulfide) groups is 1. The van der Waals surface area contributed by atoms with Gasteiger partial charge < -0.3 is 9.47 Å². The quantitative estimate of drug-likeness (QED) is 0.121. The van der Waals surface area contributed by atoms with Crippen LogP contribution in [-0.2, 0) is 17.8 Å². The van der Waals surface area contributed by atoms with Gasteiger partial charge in [0.2, 0.25) is 0 Å². The molecule has 4 aromatic rings. The standard InChI is InChI=1S/C36H30Cl4N2O3S/c1-5-7-24-14-23(15-32(44-6-2)34(24)45-20-25-10-11-26(37)17-31(25)40)16-33-35(43)42(28-13-9-22(4)30(39)19-28)36(46-33)41-27-12-8-21(3)29(38)18-27/h5,8-19H,1,6-7,20H2,2-4H3/b33-16+,41-36?. The molecule has 1 amide bonds. The van der Waals surface area contributed by atoms with Crippen LogP contribution in [0.2, 0.25) is 20.1 Å². The molecule has 5 rings (SSSR count). The van der Waals surface area contributed by atoms with Gasteiger partial charge in [-0.2, -0.15) is 0 Å². The van der Waals surface area contributed by atoms with Crippen molar-refractivity contribution in [1.82, 2.24) is 0 Å². The molecule has 0 atom stereocenters. The zero-order chi connectivity index (χ0) is 33.0. The first kappa shape index (κ1) is 34.0. The molecule has 1 aliphatic heterocycles. The number of amides is 1. The maximum atomic E-state index is 14.0. The topological polar surface area (TPSA) is 51.1 Å². The number of hydrogen-bond donors (Lipinski definition) is 0. The van der Waals surface area contributed by atoms with Crippen molar-refractivity contribution in [2.45, 2.75) is 33.8 Å². The number of aryl methyl sites for hydroxylation is 2. The SMILES string of the molecule is C=CCc1cc(/C=C2/SC(=Nc3ccc(C)c(Cl)c3)N(c3ccc(C)c(Cl)c3)C2=O)cc(OCC)c1OCc1ccc(Cl)cc1Cl. The Labute approximate surface area is 293 Å². The summed E-state index contributed by atoms with van der Waals surface area (Å²) in [6.07, 6.45) is 4.13. The monoisotopic (exact) mass is 710 g/mol. The number of carbonyl (C=O) groups is 1. The van der Waals surface area contributed by atoms with Crippen molar-refractivity contribution in [3.05, 3.63) is 132 Å². The number of benzene rings is 4. The Morgan fingerprint density at radius 3 is 2.28 bits per heavy atom. The molecular weight excluding hydrogens is 682 g/mol. The average Bonchev–Trinajstić information content (AvgIpc) is 3.30. The van der Waals surface area contributed by atoms with Crippen molar-refractivity contribution >= 4 is 86.7 Å². The van der Waals surface area contributed by atoms with Crippen LogP contribution in [0.3, 0.4) is 0 Å². The van der Waals surface area contributed by atoms with Gasteiger partial charge in [0.05, 0.1) is 22.9 Å². The fraction of sp³-hybridized carbons (Fsp3) is 0.167. The minimum atomic E-state index is -0.234. The van der Waals surface area contributed by atoms with E-state index in [1.54, 1.807) is 35.2 Å². The molecule has 0 N–H and O–H groups in total. The minimum absolute atomic E-state index is 0.214. The number of carbonyl (C=O) groups excluding carboxylic acids is 1. The molecule has 5 nitrogen and oxygen atoms in total. The Hall–Kier alpha value is -3.39. The third-order valence-electron chi connectivity index (χ3n) is 7.10. The molecule has 1 saturated heterocycles. The molecule has 0 aliphatic carbocycles. The first-order chi connectivity index (χ1) is 22.1. The van der Waals surface area contributed by atoms with E-state index in [1.807, 2.05) is 69.3 Å². The predicted octanol–water partition coefficient (Wildman–Crippen LogP) is 11.4. The molecule has 0 bridgehead atoms. The highest BCUT2D eigenvalue weighted by Crippen LogP contribution is 2.41. The molecule has 0 spiro atoms. The van der Waals surface area contributed by atoms with Gasteiger partial charge in [0.25, 0.3) is 5.91 Å². The Bertz CT molecular complexity index is 1890. The molecule has 46 heavy (non-hydrogen) atoms. The molecule has 10 heteroatoms. The van der Waals surface area contributed by atoms with Gasteiger partial charge in [0.1, 0.15) is 6.61 Å². The summed E-state index contributed by atoms with van der Waals surface area (Å²) < 4.78 is 12.3. The molecule has 4 aromatic carbocycles. The molecule has 1 fully saturated rings. The average molecular weight is 713 g/mol. The number of aliphatic imine (C=N–C) groups is 1. The van der Waals surface area contributed by atoms with Crippen LogP contribution in [0.4, 0.5) is 11.4 Å². The fourth-order valence-electron chi connectivity index (χ4n) is 4.70. The summed E-state index contributed by atoms with van der Waals surface area (Å²) in [5.74, 6) is 0.886. The number of halogens is 4. The molecule has 0 saturated carbocycles. The smallest absolute Gasteiger partial charge is 0.271 e. The van der Waals surface area contributed by atoms with Gasteiger partial charge in [0.15, 0.2) is 16.7 Å². The molecule has 1 heterocycles. The number of rotatable bonds is 10. The molecule has 0 radical (unpaired) electrons. The van der Waals surface area contributed by atoms with E-state index in [0.717, 1.165) is 27.8 Å². The van der Waals surface area contributed by atoms with Gasteiger partial charge in [-0.3, -0.25) is 9.69 Å². The normalized spacial score (nSPS) is 14.8. The lowest BCUT2D eigenvalue weighted by Crippen LogP contribution is -2.28. The van der Waals surface area contributed by atoms with E-state index >= 15 is 0 Å². The van der Waals surface area contributed by atoms with Gasteiger partial charge in [-0.25, -0.2) is 4.99 Å². The second-order valence-electron chi connectivity index (χ2n) is 10.5. The van der Waals surface area contributed by atoms with Gasteiger partial charge in [0, 0.05) is 31.2 Å². The lowest BCUT2D eigenvalue weighted by Gasteiger charge is -2.17. The molecule has 0 aromatic heterocycles. The van der Waals surface area contributed by atoms with Crippen molar-refractivity contribution in [3.63, 3.8) is 0 Å². The Morgan fingerprint density at radius 2 is 1.61 bits per heavy atom. The van der Waals surface area contributed by atoms with Gasteiger partial charge in [-0.05, 0) is 110 Å².